The molecule has 0 aliphatic carbocycles. The third kappa shape index (κ3) is 4.38. The third-order valence-corrected chi connectivity index (χ3v) is 3.53. The molecule has 0 bridgehead atoms. The minimum Gasteiger partial charge on any atom is -0.288 e. The fourth-order valence-corrected chi connectivity index (χ4v) is 2.05. The predicted octanol–water partition coefficient (Wildman–Crippen LogP) is 4.94. The number of hydrogen-bond acceptors (Lipinski definition) is 2. The van der Waals surface area contributed by atoms with Crippen LogP contribution >= 0.6 is 46.6 Å². The van der Waals surface area contributed by atoms with E-state index < -0.39 is 0 Å². The Morgan fingerprint density at radius 3 is 2.50 bits per heavy atom. The van der Waals surface area contributed by atoms with Crippen LogP contribution in [0.5, 0.6) is 0 Å². The summed E-state index contributed by atoms with van der Waals surface area (Å²) in [6, 6.07) is 3.30. The lowest BCUT2D eigenvalue weighted by Gasteiger charge is -2.01. The fourth-order valence-electron chi connectivity index (χ4n) is 1.01. The zero-order valence-corrected chi connectivity index (χ0v) is 11.6. The van der Waals surface area contributed by atoms with Crippen molar-refractivity contribution in [3.8, 4) is 0 Å². The van der Waals surface area contributed by atoms with Gasteiger partial charge in [-0.15, -0.1) is 0 Å². The van der Waals surface area contributed by atoms with Crippen LogP contribution in [0, 0.1) is 0 Å². The smallest absolute Gasteiger partial charge is 0.186 e. The molecule has 1 aromatic rings. The van der Waals surface area contributed by atoms with Gasteiger partial charge in [0.25, 0.3) is 0 Å². The number of carbonyl (C=O) groups is 1. The van der Waals surface area contributed by atoms with Crippen LogP contribution in [0.15, 0.2) is 18.2 Å². The lowest BCUT2D eigenvalue weighted by molar-refractivity contribution is -0.109. The second-order valence-electron chi connectivity index (χ2n) is 2.99. The molecule has 1 nitrogen and oxygen atoms in total. The van der Waals surface area contributed by atoms with Crippen LogP contribution in [0.2, 0.25) is 15.1 Å². The van der Waals surface area contributed by atoms with Crippen molar-refractivity contribution in [1.82, 2.24) is 0 Å². The molecule has 1 aromatic carbocycles. The Balaban J connectivity index is 2.73. The van der Waals surface area contributed by atoms with E-state index in [4.69, 9.17) is 34.8 Å². The van der Waals surface area contributed by atoms with E-state index in [1.54, 1.807) is 12.1 Å². The van der Waals surface area contributed by atoms with Gasteiger partial charge in [0.2, 0.25) is 0 Å². The number of halogens is 3. The molecule has 0 N–H and O–H groups in total. The summed E-state index contributed by atoms with van der Waals surface area (Å²) < 4.78 is 0. The van der Waals surface area contributed by atoms with E-state index in [9.17, 15) is 4.79 Å². The van der Waals surface area contributed by atoms with Crippen molar-refractivity contribution in [2.45, 2.75) is 6.92 Å². The standard InChI is InChI=1S/C11H9Cl3OS/c1-7(15)16-4-2-3-8-5-10(13)11(14)6-9(8)12/h2-3,5-6H,4H2,1H3. The first-order valence-corrected chi connectivity index (χ1v) is 6.57. The molecule has 0 aromatic heterocycles. The first-order chi connectivity index (χ1) is 7.50. The maximum atomic E-state index is 10.7. The molecule has 0 heterocycles. The summed E-state index contributed by atoms with van der Waals surface area (Å²) in [6.07, 6.45) is 3.68. The van der Waals surface area contributed by atoms with Crippen LogP contribution in [0.4, 0.5) is 0 Å². The van der Waals surface area contributed by atoms with Crippen LogP contribution < -0.4 is 0 Å². The average Bonchev–Trinajstić information content (AvgIpc) is 2.19. The lowest BCUT2D eigenvalue weighted by atomic mass is 10.2. The molecule has 0 aliphatic heterocycles. The van der Waals surface area contributed by atoms with Gasteiger partial charge in [-0.1, -0.05) is 58.7 Å². The summed E-state index contributed by atoms with van der Waals surface area (Å²) in [5.41, 5.74) is 0.792. The van der Waals surface area contributed by atoms with Gasteiger partial charge in [-0.05, 0) is 17.7 Å². The fraction of sp³-hybridized carbons (Fsp3) is 0.182. The van der Waals surface area contributed by atoms with Crippen molar-refractivity contribution >= 4 is 57.8 Å². The van der Waals surface area contributed by atoms with Gasteiger partial charge in [-0.2, -0.15) is 0 Å². The van der Waals surface area contributed by atoms with E-state index in [0.29, 0.717) is 20.8 Å². The van der Waals surface area contributed by atoms with Gasteiger partial charge < -0.3 is 0 Å². The second-order valence-corrected chi connectivity index (χ2v) is 5.41. The van der Waals surface area contributed by atoms with E-state index in [2.05, 4.69) is 0 Å². The highest BCUT2D eigenvalue weighted by Gasteiger charge is 2.03. The highest BCUT2D eigenvalue weighted by atomic mass is 35.5. The molecule has 0 atom stereocenters. The van der Waals surface area contributed by atoms with E-state index >= 15 is 0 Å². The Morgan fingerprint density at radius 1 is 1.25 bits per heavy atom. The molecular weight excluding hydrogens is 287 g/mol. The van der Waals surface area contributed by atoms with Crippen LogP contribution in [0.1, 0.15) is 12.5 Å². The van der Waals surface area contributed by atoms with Crippen molar-refractivity contribution in [3.05, 3.63) is 38.8 Å². The van der Waals surface area contributed by atoms with Gasteiger partial charge in [0, 0.05) is 17.7 Å². The summed E-state index contributed by atoms with van der Waals surface area (Å²) in [4.78, 5) is 10.7. The molecule has 86 valence electrons. The van der Waals surface area contributed by atoms with Crippen molar-refractivity contribution in [2.75, 3.05) is 5.75 Å². The molecule has 16 heavy (non-hydrogen) atoms. The third-order valence-electron chi connectivity index (χ3n) is 1.72. The van der Waals surface area contributed by atoms with E-state index in [-0.39, 0.29) is 5.12 Å². The SMILES string of the molecule is CC(=O)SCC=Cc1cc(Cl)c(Cl)cc1Cl. The van der Waals surface area contributed by atoms with Crippen LogP contribution in [0.25, 0.3) is 6.08 Å². The first-order valence-electron chi connectivity index (χ1n) is 4.45. The predicted molar refractivity (Wildman–Crippen MR) is 73.6 cm³/mol. The van der Waals surface area contributed by atoms with E-state index in [0.717, 1.165) is 5.56 Å². The molecule has 0 radical (unpaired) electrons. The minimum atomic E-state index is 0.0879. The highest BCUT2D eigenvalue weighted by molar-refractivity contribution is 8.13. The van der Waals surface area contributed by atoms with Crippen LogP contribution in [0.3, 0.4) is 0 Å². The summed E-state index contributed by atoms with van der Waals surface area (Å²) >= 11 is 18.9. The number of hydrogen-bond donors (Lipinski definition) is 0. The van der Waals surface area contributed by atoms with Gasteiger partial charge in [-0.25, -0.2) is 0 Å². The summed E-state index contributed by atoms with van der Waals surface area (Å²) in [5, 5.41) is 1.52. The minimum absolute atomic E-state index is 0.0879. The summed E-state index contributed by atoms with van der Waals surface area (Å²) in [5.74, 6) is 0.617. The number of benzene rings is 1. The normalized spacial score (nSPS) is 11.0. The quantitative estimate of drug-likeness (QED) is 0.735. The van der Waals surface area contributed by atoms with Gasteiger partial charge in [0.15, 0.2) is 5.12 Å². The molecule has 0 spiro atoms. The molecule has 0 fully saturated rings. The van der Waals surface area contributed by atoms with Crippen molar-refractivity contribution in [3.63, 3.8) is 0 Å². The Hall–Kier alpha value is -0.150. The Bertz CT molecular complexity index is 429. The maximum Gasteiger partial charge on any atom is 0.186 e. The van der Waals surface area contributed by atoms with Gasteiger partial charge in [0.1, 0.15) is 0 Å². The van der Waals surface area contributed by atoms with Crippen LogP contribution in [-0.2, 0) is 4.79 Å². The lowest BCUT2D eigenvalue weighted by Crippen LogP contribution is -1.82. The summed E-state index contributed by atoms with van der Waals surface area (Å²) in [7, 11) is 0. The Morgan fingerprint density at radius 2 is 1.88 bits per heavy atom. The van der Waals surface area contributed by atoms with Crippen molar-refractivity contribution in [2.24, 2.45) is 0 Å². The zero-order valence-electron chi connectivity index (χ0n) is 8.47. The molecule has 1 rings (SSSR count). The average molecular weight is 296 g/mol. The number of thioether (sulfide) groups is 1. The monoisotopic (exact) mass is 294 g/mol. The van der Waals surface area contributed by atoms with Crippen molar-refractivity contribution in [1.29, 1.82) is 0 Å². The van der Waals surface area contributed by atoms with Gasteiger partial charge >= 0.3 is 0 Å². The Labute approximate surface area is 114 Å². The first kappa shape index (κ1) is 13.9. The molecule has 0 amide bonds. The maximum absolute atomic E-state index is 10.7. The molecule has 0 aliphatic rings. The topological polar surface area (TPSA) is 17.1 Å². The molecule has 0 unspecified atom stereocenters. The number of carbonyl (C=O) groups excluding carboxylic acids is 1. The largest absolute Gasteiger partial charge is 0.288 e. The van der Waals surface area contributed by atoms with Gasteiger partial charge in [-0.3, -0.25) is 4.79 Å². The summed E-state index contributed by atoms with van der Waals surface area (Å²) in [6.45, 7) is 1.53. The molecular formula is C11H9Cl3OS. The molecule has 0 saturated heterocycles. The van der Waals surface area contributed by atoms with Gasteiger partial charge in [0.05, 0.1) is 10.0 Å². The second kappa shape index (κ2) is 6.55. The number of rotatable bonds is 3. The zero-order chi connectivity index (χ0) is 12.1. The van der Waals surface area contributed by atoms with Crippen LogP contribution in [-0.4, -0.2) is 10.9 Å². The molecule has 5 heteroatoms. The highest BCUT2D eigenvalue weighted by Crippen LogP contribution is 2.29. The van der Waals surface area contributed by atoms with E-state index in [1.807, 2.05) is 12.2 Å². The molecule has 0 saturated carbocycles. The van der Waals surface area contributed by atoms with Crippen molar-refractivity contribution < 1.29 is 4.79 Å². The Kier molecular flexibility index (Phi) is 5.70. The van der Waals surface area contributed by atoms with E-state index in [1.165, 1.54) is 18.7 Å².